The van der Waals surface area contributed by atoms with E-state index in [0.717, 1.165) is 12.8 Å². The van der Waals surface area contributed by atoms with Gasteiger partial charge in [-0.15, -0.1) is 0 Å². The molecule has 0 N–H and O–H groups in total. The topological polar surface area (TPSA) is 57.7 Å². The highest BCUT2D eigenvalue weighted by molar-refractivity contribution is 7.91. The normalized spacial score (nSPS) is 22.7. The molecule has 132 valence electrons. The van der Waals surface area contributed by atoms with Crippen LogP contribution in [0.2, 0.25) is 0 Å². The molecule has 5 nitrogen and oxygen atoms in total. The molecule has 1 aliphatic carbocycles. The smallest absolute Gasteiger partial charge is 0.223 e. The van der Waals surface area contributed by atoms with Crippen molar-refractivity contribution in [1.82, 2.24) is 9.80 Å². The summed E-state index contributed by atoms with van der Waals surface area (Å²) >= 11 is 0. The van der Waals surface area contributed by atoms with Crippen molar-refractivity contribution in [3.63, 3.8) is 0 Å². The number of hydrogen-bond donors (Lipinski definition) is 0. The standard InChI is InChI=1S/C18H26N2O3S/c1-19(16-8-10-24(22,23)13-16)9-7-18(21)20(2)17-11-14-5-3-4-6-15(14)12-17/h3-6,16-17H,7-13H2,1-2H3/t16-/m0/s1. The molecule has 1 aromatic rings. The van der Waals surface area contributed by atoms with Crippen LogP contribution >= 0.6 is 0 Å². The molecule has 1 heterocycles. The molecule has 6 heteroatoms. The summed E-state index contributed by atoms with van der Waals surface area (Å²) in [6.45, 7) is 0.614. The molecule has 1 atom stereocenters. The number of sulfone groups is 1. The number of benzene rings is 1. The molecule has 0 unspecified atom stereocenters. The fourth-order valence-electron chi connectivity index (χ4n) is 3.77. The summed E-state index contributed by atoms with van der Waals surface area (Å²) in [5.74, 6) is 0.641. The monoisotopic (exact) mass is 350 g/mol. The molecule has 1 aromatic carbocycles. The van der Waals surface area contributed by atoms with Gasteiger partial charge in [-0.2, -0.15) is 0 Å². The first-order valence-electron chi connectivity index (χ1n) is 8.59. The lowest BCUT2D eigenvalue weighted by atomic mass is 10.1. The van der Waals surface area contributed by atoms with Crippen molar-refractivity contribution in [3.05, 3.63) is 35.4 Å². The van der Waals surface area contributed by atoms with Gasteiger partial charge in [-0.1, -0.05) is 24.3 Å². The van der Waals surface area contributed by atoms with Crippen molar-refractivity contribution in [2.75, 3.05) is 32.1 Å². The van der Waals surface area contributed by atoms with Crippen LogP contribution in [0.15, 0.2) is 24.3 Å². The van der Waals surface area contributed by atoms with Crippen LogP contribution in [0, 0.1) is 0 Å². The second-order valence-electron chi connectivity index (χ2n) is 7.12. The molecule has 0 radical (unpaired) electrons. The second-order valence-corrected chi connectivity index (χ2v) is 9.35. The third-order valence-electron chi connectivity index (χ3n) is 5.48. The first-order chi connectivity index (χ1) is 11.4. The van der Waals surface area contributed by atoms with Crippen molar-refractivity contribution >= 4 is 15.7 Å². The Labute approximate surface area is 144 Å². The molecule has 1 amide bonds. The fourth-order valence-corrected chi connectivity index (χ4v) is 5.57. The van der Waals surface area contributed by atoms with Crippen LogP contribution in [0.4, 0.5) is 0 Å². The average Bonchev–Trinajstić information content (AvgIpc) is 3.14. The van der Waals surface area contributed by atoms with Gasteiger partial charge in [0.25, 0.3) is 0 Å². The van der Waals surface area contributed by atoms with E-state index in [1.807, 2.05) is 36.0 Å². The fraction of sp³-hybridized carbons (Fsp3) is 0.611. The lowest BCUT2D eigenvalue weighted by Gasteiger charge is -2.27. The van der Waals surface area contributed by atoms with Crippen molar-refractivity contribution < 1.29 is 13.2 Å². The van der Waals surface area contributed by atoms with E-state index < -0.39 is 9.84 Å². The molecule has 0 saturated carbocycles. The first-order valence-corrected chi connectivity index (χ1v) is 10.4. The largest absolute Gasteiger partial charge is 0.342 e. The van der Waals surface area contributed by atoms with Crippen LogP contribution in [0.1, 0.15) is 24.0 Å². The Morgan fingerprint density at radius 3 is 2.29 bits per heavy atom. The lowest BCUT2D eigenvalue weighted by molar-refractivity contribution is -0.132. The summed E-state index contributed by atoms with van der Waals surface area (Å²) in [7, 11) is 0.933. The third-order valence-corrected chi connectivity index (χ3v) is 7.23. The molecule has 0 spiro atoms. The molecule has 2 aliphatic rings. The molecular weight excluding hydrogens is 324 g/mol. The predicted molar refractivity (Wildman–Crippen MR) is 94.7 cm³/mol. The first kappa shape index (κ1) is 17.4. The number of rotatable bonds is 5. The predicted octanol–water partition coefficient (Wildman–Crippen LogP) is 1.12. The maximum absolute atomic E-state index is 12.5. The highest BCUT2D eigenvalue weighted by Gasteiger charge is 2.31. The van der Waals surface area contributed by atoms with Gasteiger partial charge >= 0.3 is 0 Å². The third kappa shape index (κ3) is 3.81. The minimum Gasteiger partial charge on any atom is -0.342 e. The average molecular weight is 350 g/mol. The highest BCUT2D eigenvalue weighted by atomic mass is 32.2. The second kappa shape index (κ2) is 6.84. The lowest BCUT2D eigenvalue weighted by Crippen LogP contribution is -2.40. The Hall–Kier alpha value is -1.40. The van der Waals surface area contributed by atoms with Gasteiger partial charge in [-0.25, -0.2) is 8.42 Å². The van der Waals surface area contributed by atoms with E-state index in [1.54, 1.807) is 0 Å². The Balaban J connectivity index is 1.49. The number of carbonyl (C=O) groups excluding carboxylic acids is 1. The van der Waals surface area contributed by atoms with E-state index in [0.29, 0.717) is 19.4 Å². The van der Waals surface area contributed by atoms with Gasteiger partial charge in [0.15, 0.2) is 9.84 Å². The van der Waals surface area contributed by atoms with Crippen molar-refractivity contribution in [2.45, 2.75) is 37.8 Å². The van der Waals surface area contributed by atoms with E-state index in [9.17, 15) is 13.2 Å². The maximum Gasteiger partial charge on any atom is 0.223 e. The minimum atomic E-state index is -2.88. The van der Waals surface area contributed by atoms with E-state index >= 15 is 0 Å². The van der Waals surface area contributed by atoms with Crippen LogP contribution in [-0.2, 0) is 27.5 Å². The maximum atomic E-state index is 12.5. The van der Waals surface area contributed by atoms with Gasteiger partial charge in [-0.05, 0) is 37.4 Å². The molecule has 0 bridgehead atoms. The van der Waals surface area contributed by atoms with Crippen molar-refractivity contribution in [2.24, 2.45) is 0 Å². The molecule has 1 aliphatic heterocycles. The zero-order valence-electron chi connectivity index (χ0n) is 14.4. The Morgan fingerprint density at radius 2 is 1.75 bits per heavy atom. The van der Waals surface area contributed by atoms with Gasteiger partial charge in [0.05, 0.1) is 11.5 Å². The molecule has 3 rings (SSSR count). The Morgan fingerprint density at radius 1 is 1.12 bits per heavy atom. The van der Waals surface area contributed by atoms with E-state index in [1.165, 1.54) is 11.1 Å². The molecule has 24 heavy (non-hydrogen) atoms. The molecule has 0 aromatic heterocycles. The number of carbonyl (C=O) groups is 1. The van der Waals surface area contributed by atoms with Crippen molar-refractivity contribution in [1.29, 1.82) is 0 Å². The summed E-state index contributed by atoms with van der Waals surface area (Å²) in [5.41, 5.74) is 2.69. The van der Waals surface area contributed by atoms with Crippen LogP contribution in [-0.4, -0.2) is 68.4 Å². The minimum absolute atomic E-state index is 0.0591. The quantitative estimate of drug-likeness (QED) is 0.799. The number of amides is 1. The molecular formula is C18H26N2O3S. The van der Waals surface area contributed by atoms with Gasteiger partial charge in [0, 0.05) is 32.1 Å². The Bertz CT molecular complexity index is 692. The van der Waals surface area contributed by atoms with Crippen LogP contribution in [0.3, 0.4) is 0 Å². The van der Waals surface area contributed by atoms with E-state index in [4.69, 9.17) is 0 Å². The zero-order chi connectivity index (χ0) is 17.3. The van der Waals surface area contributed by atoms with Gasteiger partial charge in [0.2, 0.25) is 5.91 Å². The zero-order valence-corrected chi connectivity index (χ0v) is 15.3. The Kier molecular flexibility index (Phi) is 4.97. The van der Waals surface area contributed by atoms with Crippen LogP contribution < -0.4 is 0 Å². The van der Waals surface area contributed by atoms with E-state index in [-0.39, 0.29) is 29.5 Å². The molecule has 1 saturated heterocycles. The van der Waals surface area contributed by atoms with Crippen molar-refractivity contribution in [3.8, 4) is 0 Å². The summed E-state index contributed by atoms with van der Waals surface area (Å²) in [6.07, 6.45) is 2.97. The summed E-state index contributed by atoms with van der Waals surface area (Å²) in [5, 5.41) is 0. The van der Waals surface area contributed by atoms with E-state index in [2.05, 4.69) is 12.1 Å². The number of nitrogens with zero attached hydrogens (tertiary/aromatic N) is 2. The van der Waals surface area contributed by atoms with Gasteiger partial charge < -0.3 is 9.80 Å². The van der Waals surface area contributed by atoms with Gasteiger partial charge in [0.1, 0.15) is 0 Å². The summed E-state index contributed by atoms with van der Waals surface area (Å²) in [6, 6.07) is 8.68. The number of hydrogen-bond acceptors (Lipinski definition) is 4. The highest BCUT2D eigenvalue weighted by Crippen LogP contribution is 2.25. The number of fused-ring (bicyclic) bond motifs is 1. The number of likely N-dealkylation sites (N-methyl/N-ethyl adjacent to an activating group) is 1. The summed E-state index contributed by atoms with van der Waals surface area (Å²) in [4.78, 5) is 16.4. The SMILES string of the molecule is CN(C(=O)CCN(C)[C@H]1CCS(=O)(=O)C1)C1Cc2ccccc2C1. The van der Waals surface area contributed by atoms with Crippen LogP contribution in [0.25, 0.3) is 0 Å². The van der Waals surface area contributed by atoms with Crippen LogP contribution in [0.5, 0.6) is 0 Å². The van der Waals surface area contributed by atoms with Gasteiger partial charge in [-0.3, -0.25) is 4.79 Å². The molecule has 1 fully saturated rings. The summed E-state index contributed by atoms with van der Waals surface area (Å²) < 4.78 is 23.1.